The summed E-state index contributed by atoms with van der Waals surface area (Å²) in [6.45, 7) is 6.24. The lowest BCUT2D eigenvalue weighted by atomic mass is 9.78. The Morgan fingerprint density at radius 3 is 2.76 bits per heavy atom. The van der Waals surface area contributed by atoms with E-state index in [1.807, 2.05) is 31.5 Å². The summed E-state index contributed by atoms with van der Waals surface area (Å²) in [6.07, 6.45) is 8.03. The molecular formula is C20H26N2O2S. The highest BCUT2D eigenvalue weighted by Gasteiger charge is 2.35. The molecule has 1 unspecified atom stereocenters. The molecule has 1 amide bonds. The van der Waals surface area contributed by atoms with E-state index < -0.39 is 5.44 Å². The van der Waals surface area contributed by atoms with Crippen LogP contribution in [0.15, 0.2) is 24.4 Å². The first-order valence-electron chi connectivity index (χ1n) is 8.85. The molecule has 1 saturated carbocycles. The van der Waals surface area contributed by atoms with Crippen molar-refractivity contribution in [2.45, 2.75) is 57.4 Å². The van der Waals surface area contributed by atoms with E-state index in [1.54, 1.807) is 0 Å². The summed E-state index contributed by atoms with van der Waals surface area (Å²) < 4.78 is 6.03. The highest BCUT2D eigenvalue weighted by atomic mass is 32.2. The van der Waals surface area contributed by atoms with E-state index in [0.29, 0.717) is 5.75 Å². The number of ether oxygens (including phenoxy) is 1. The van der Waals surface area contributed by atoms with Gasteiger partial charge in [-0.15, -0.1) is 11.8 Å². The number of benzene rings is 1. The van der Waals surface area contributed by atoms with Crippen LogP contribution in [0.25, 0.3) is 10.9 Å². The van der Waals surface area contributed by atoms with Crippen molar-refractivity contribution in [2.75, 3.05) is 6.26 Å². The molecule has 0 bridgehead atoms. The van der Waals surface area contributed by atoms with Crippen LogP contribution in [0.1, 0.15) is 44.2 Å². The van der Waals surface area contributed by atoms with E-state index >= 15 is 0 Å². The molecule has 1 fully saturated rings. The number of hydrogen-bond acceptors (Lipinski definition) is 4. The van der Waals surface area contributed by atoms with E-state index in [4.69, 9.17) is 4.74 Å². The number of hydrogen-bond donors (Lipinski definition) is 1. The number of rotatable bonds is 6. The van der Waals surface area contributed by atoms with Crippen molar-refractivity contribution >= 4 is 28.6 Å². The fraction of sp³-hybridized carbons (Fsp3) is 0.500. The minimum absolute atomic E-state index is 0.0483. The summed E-state index contributed by atoms with van der Waals surface area (Å²) in [4.78, 5) is 17.1. The molecular weight excluding hydrogens is 332 g/mol. The Bertz CT molecular complexity index is 787. The first-order valence-corrected chi connectivity index (χ1v) is 10.1. The largest absolute Gasteiger partial charge is 0.470 e. The number of carbonyl (C=O) groups is 1. The molecule has 1 aliphatic carbocycles. The third-order valence-electron chi connectivity index (χ3n) is 4.97. The number of amides is 1. The summed E-state index contributed by atoms with van der Waals surface area (Å²) >= 11 is 1.42. The fourth-order valence-corrected chi connectivity index (χ4v) is 3.71. The third-order valence-corrected chi connectivity index (χ3v) is 5.70. The third kappa shape index (κ3) is 3.92. The first-order chi connectivity index (χ1) is 11.9. The summed E-state index contributed by atoms with van der Waals surface area (Å²) in [5.41, 5.74) is 2.63. The van der Waals surface area contributed by atoms with Crippen LogP contribution >= 0.6 is 11.8 Å². The maximum atomic E-state index is 12.6. The average Bonchev–Trinajstić information content (AvgIpc) is 2.57. The van der Waals surface area contributed by atoms with Gasteiger partial charge in [0.05, 0.1) is 5.52 Å². The van der Waals surface area contributed by atoms with Crippen molar-refractivity contribution in [3.05, 3.63) is 35.5 Å². The van der Waals surface area contributed by atoms with E-state index in [1.165, 1.54) is 23.7 Å². The van der Waals surface area contributed by atoms with Crippen LogP contribution in [0, 0.1) is 6.92 Å². The normalized spacial score (nSPS) is 17.0. The molecule has 0 spiro atoms. The van der Waals surface area contributed by atoms with Crippen molar-refractivity contribution in [3.8, 4) is 5.75 Å². The van der Waals surface area contributed by atoms with Crippen molar-refractivity contribution < 1.29 is 9.53 Å². The standard InChI is InChI=1S/C20H26N2O2S/c1-5-14-10-15-11-16(9-13(2)17(15)21-12-14)24-19(25-4)18(23)22-20(3)7-6-8-20/h9-12,19H,5-8H2,1-4H3,(H,22,23). The second-order valence-corrected chi connectivity index (χ2v) is 8.00. The summed E-state index contributed by atoms with van der Waals surface area (Å²) in [5.74, 6) is 0.668. The van der Waals surface area contributed by atoms with Crippen molar-refractivity contribution in [1.82, 2.24) is 10.3 Å². The van der Waals surface area contributed by atoms with Crippen LogP contribution in [0.5, 0.6) is 5.75 Å². The molecule has 1 atom stereocenters. The molecule has 1 N–H and O–H groups in total. The SMILES string of the molecule is CCc1cnc2c(C)cc(OC(SC)C(=O)NC3(C)CCC3)cc2c1. The molecule has 5 heteroatoms. The van der Waals surface area contributed by atoms with Gasteiger partial charge in [-0.05, 0) is 75.1 Å². The second kappa shape index (κ2) is 7.24. The van der Waals surface area contributed by atoms with Crippen molar-refractivity contribution in [3.63, 3.8) is 0 Å². The summed E-state index contributed by atoms with van der Waals surface area (Å²) in [6, 6.07) is 6.09. The molecule has 1 heterocycles. The smallest absolute Gasteiger partial charge is 0.272 e. The predicted octanol–water partition coefficient (Wildman–Crippen LogP) is 4.23. The Morgan fingerprint density at radius 2 is 2.16 bits per heavy atom. The molecule has 1 aliphatic rings. The van der Waals surface area contributed by atoms with Gasteiger partial charge in [-0.2, -0.15) is 0 Å². The Hall–Kier alpha value is -1.75. The average molecular weight is 359 g/mol. The van der Waals surface area contributed by atoms with Crippen molar-refractivity contribution in [2.24, 2.45) is 0 Å². The lowest BCUT2D eigenvalue weighted by Crippen LogP contribution is -2.54. The van der Waals surface area contributed by atoms with Gasteiger partial charge in [0.15, 0.2) is 0 Å². The number of pyridine rings is 1. The van der Waals surface area contributed by atoms with Crippen LogP contribution in [-0.4, -0.2) is 28.1 Å². The number of aromatic nitrogens is 1. The Kier molecular flexibility index (Phi) is 5.23. The quantitative estimate of drug-likeness (QED) is 0.785. The first kappa shape index (κ1) is 18.1. The van der Waals surface area contributed by atoms with Crippen LogP contribution < -0.4 is 10.1 Å². The van der Waals surface area contributed by atoms with Crippen LogP contribution in [-0.2, 0) is 11.2 Å². The predicted molar refractivity (Wildman–Crippen MR) is 104 cm³/mol. The molecule has 1 aromatic carbocycles. The van der Waals surface area contributed by atoms with Gasteiger partial charge in [-0.3, -0.25) is 9.78 Å². The lowest BCUT2D eigenvalue weighted by molar-refractivity contribution is -0.127. The summed E-state index contributed by atoms with van der Waals surface area (Å²) in [5, 5.41) is 4.19. The molecule has 3 rings (SSSR count). The zero-order valence-electron chi connectivity index (χ0n) is 15.4. The van der Waals surface area contributed by atoms with E-state index in [9.17, 15) is 4.79 Å². The highest BCUT2D eigenvalue weighted by molar-refractivity contribution is 7.99. The second-order valence-electron chi connectivity index (χ2n) is 7.10. The van der Waals surface area contributed by atoms with E-state index in [-0.39, 0.29) is 11.4 Å². The molecule has 0 radical (unpaired) electrons. The van der Waals surface area contributed by atoms with E-state index in [2.05, 4.69) is 30.2 Å². The molecule has 0 saturated heterocycles. The monoisotopic (exact) mass is 358 g/mol. The highest BCUT2D eigenvalue weighted by Crippen LogP contribution is 2.32. The number of aryl methyl sites for hydroxylation is 2. The van der Waals surface area contributed by atoms with Gasteiger partial charge >= 0.3 is 0 Å². The van der Waals surface area contributed by atoms with Crippen LogP contribution in [0.4, 0.5) is 0 Å². The minimum Gasteiger partial charge on any atom is -0.470 e. The number of nitrogens with zero attached hydrogens (tertiary/aromatic N) is 1. The summed E-state index contributed by atoms with van der Waals surface area (Å²) in [7, 11) is 0. The van der Waals surface area contributed by atoms with Gasteiger partial charge < -0.3 is 10.1 Å². The number of fused-ring (bicyclic) bond motifs is 1. The number of carbonyl (C=O) groups excluding carboxylic acids is 1. The zero-order chi connectivity index (χ0) is 18.0. The van der Waals surface area contributed by atoms with E-state index in [0.717, 1.165) is 35.7 Å². The fourth-order valence-electron chi connectivity index (χ4n) is 3.23. The Morgan fingerprint density at radius 1 is 1.40 bits per heavy atom. The zero-order valence-corrected chi connectivity index (χ0v) is 16.2. The Labute approximate surface area is 153 Å². The van der Waals surface area contributed by atoms with Gasteiger partial charge in [-0.25, -0.2) is 0 Å². The molecule has 25 heavy (non-hydrogen) atoms. The van der Waals surface area contributed by atoms with Gasteiger partial charge in [0, 0.05) is 17.1 Å². The molecule has 134 valence electrons. The topological polar surface area (TPSA) is 51.2 Å². The number of nitrogens with one attached hydrogen (secondary N) is 1. The Balaban J connectivity index is 1.81. The van der Waals surface area contributed by atoms with Gasteiger partial charge in [0.1, 0.15) is 5.75 Å². The van der Waals surface area contributed by atoms with Crippen LogP contribution in [0.3, 0.4) is 0 Å². The lowest BCUT2D eigenvalue weighted by Gasteiger charge is -2.39. The molecule has 0 aliphatic heterocycles. The molecule has 1 aromatic heterocycles. The van der Waals surface area contributed by atoms with Gasteiger partial charge in [0.2, 0.25) is 5.44 Å². The minimum atomic E-state index is -0.545. The molecule has 4 nitrogen and oxygen atoms in total. The number of thioether (sulfide) groups is 1. The maximum absolute atomic E-state index is 12.6. The van der Waals surface area contributed by atoms with Gasteiger partial charge in [-0.1, -0.05) is 6.92 Å². The molecule has 2 aromatic rings. The van der Waals surface area contributed by atoms with Crippen LogP contribution in [0.2, 0.25) is 0 Å². The maximum Gasteiger partial charge on any atom is 0.272 e. The van der Waals surface area contributed by atoms with Gasteiger partial charge in [0.25, 0.3) is 5.91 Å². The van der Waals surface area contributed by atoms with Crippen molar-refractivity contribution in [1.29, 1.82) is 0 Å².